The van der Waals surface area contributed by atoms with E-state index in [1.165, 1.54) is 26.0 Å². The predicted octanol–water partition coefficient (Wildman–Crippen LogP) is -1.09. The quantitative estimate of drug-likeness (QED) is 0.0677. The second-order valence-electron chi connectivity index (χ2n) is 12.4. The maximum absolute atomic E-state index is 13.7. The molecule has 0 saturated carbocycles. The molecule has 0 radical (unpaired) electrons. The molecule has 3 unspecified atom stereocenters. The summed E-state index contributed by atoms with van der Waals surface area (Å²) in [5.74, 6) is -6.89. The number of carbonyl (C=O) groups is 9. The summed E-state index contributed by atoms with van der Waals surface area (Å²) in [7, 11) is 0. The zero-order valence-electron chi connectivity index (χ0n) is 29.7. The molecule has 7 amide bonds. The molecule has 1 aromatic rings. The van der Waals surface area contributed by atoms with Gasteiger partial charge < -0.3 is 48.0 Å². The fraction of sp³-hybridized carbons (Fsp3) is 0.559. The highest BCUT2D eigenvalue weighted by Crippen LogP contribution is 2.14. The van der Waals surface area contributed by atoms with Crippen molar-refractivity contribution in [3.63, 3.8) is 0 Å². The van der Waals surface area contributed by atoms with Gasteiger partial charge in [-0.1, -0.05) is 39.3 Å². The number of ketones is 2. The predicted molar refractivity (Wildman–Crippen MR) is 184 cm³/mol. The topological polar surface area (TPSA) is 286 Å². The van der Waals surface area contributed by atoms with Crippen LogP contribution < -0.4 is 38.1 Å². The van der Waals surface area contributed by atoms with Crippen molar-refractivity contribution in [2.45, 2.75) is 116 Å². The first-order valence-corrected chi connectivity index (χ1v) is 16.7. The van der Waals surface area contributed by atoms with E-state index in [1.807, 2.05) is 0 Å². The van der Waals surface area contributed by atoms with Crippen LogP contribution in [0.1, 0.15) is 85.1 Å². The minimum atomic E-state index is -1.60. The first kappa shape index (κ1) is 43.7. The van der Waals surface area contributed by atoms with Crippen molar-refractivity contribution in [2.24, 2.45) is 17.4 Å². The lowest BCUT2D eigenvalue weighted by Gasteiger charge is -2.29. The highest BCUT2D eigenvalue weighted by molar-refractivity contribution is 5.98. The lowest BCUT2D eigenvalue weighted by Crippen LogP contribution is -2.60. The van der Waals surface area contributed by atoms with Crippen LogP contribution in [0.4, 0.5) is 0 Å². The minimum absolute atomic E-state index is 0.00674. The summed E-state index contributed by atoms with van der Waals surface area (Å²) >= 11 is 0. The smallest absolute Gasteiger partial charge is 0.243 e. The number of nitrogens with two attached hydrogens (primary N) is 2. The van der Waals surface area contributed by atoms with Crippen molar-refractivity contribution in [3.8, 4) is 5.75 Å². The summed E-state index contributed by atoms with van der Waals surface area (Å²) in [6, 6.07) is -0.551. The van der Waals surface area contributed by atoms with Crippen molar-refractivity contribution >= 4 is 52.9 Å². The molecule has 1 aromatic carbocycles. The summed E-state index contributed by atoms with van der Waals surface area (Å²) in [6.07, 6.45) is -0.942. The number of rotatable bonds is 23. The van der Waals surface area contributed by atoms with Crippen LogP contribution in [0, 0.1) is 5.92 Å². The molecule has 10 N–H and O–H groups in total. The second kappa shape index (κ2) is 21.7. The highest BCUT2D eigenvalue weighted by atomic mass is 16.3. The summed E-state index contributed by atoms with van der Waals surface area (Å²) < 4.78 is 0. The van der Waals surface area contributed by atoms with Gasteiger partial charge in [0.25, 0.3) is 0 Å². The van der Waals surface area contributed by atoms with E-state index in [1.54, 1.807) is 32.9 Å². The van der Waals surface area contributed by atoms with Gasteiger partial charge in [-0.25, -0.2) is 0 Å². The van der Waals surface area contributed by atoms with Crippen LogP contribution in [0.5, 0.6) is 5.75 Å². The molecule has 6 atom stereocenters. The Balaban J connectivity index is 3.31. The number of phenols is 1. The van der Waals surface area contributed by atoms with E-state index in [9.17, 15) is 48.3 Å². The van der Waals surface area contributed by atoms with Gasteiger partial charge in [-0.05, 0) is 50.3 Å². The number of amides is 7. The Bertz CT molecular complexity index is 1430. The van der Waals surface area contributed by atoms with E-state index < -0.39 is 89.7 Å². The molecule has 17 nitrogen and oxygen atoms in total. The van der Waals surface area contributed by atoms with Gasteiger partial charge in [0, 0.05) is 25.7 Å². The number of hydrogen-bond acceptors (Lipinski definition) is 10. The van der Waals surface area contributed by atoms with Crippen molar-refractivity contribution in [2.75, 3.05) is 0 Å². The molecule has 0 heterocycles. The third-order valence-corrected chi connectivity index (χ3v) is 8.09. The monoisotopic (exact) mass is 717 g/mol. The average molecular weight is 718 g/mol. The van der Waals surface area contributed by atoms with Gasteiger partial charge in [0.1, 0.15) is 35.7 Å². The Labute approximate surface area is 296 Å². The third kappa shape index (κ3) is 16.3. The van der Waals surface area contributed by atoms with Crippen LogP contribution >= 0.6 is 0 Å². The maximum Gasteiger partial charge on any atom is 0.243 e. The van der Waals surface area contributed by atoms with Gasteiger partial charge in [-0.2, -0.15) is 0 Å². The summed E-state index contributed by atoms with van der Waals surface area (Å²) in [5.41, 5.74) is 11.2. The lowest BCUT2D eigenvalue weighted by molar-refractivity contribution is -0.136. The van der Waals surface area contributed by atoms with E-state index >= 15 is 0 Å². The summed E-state index contributed by atoms with van der Waals surface area (Å²) in [6.45, 7) is 7.55. The van der Waals surface area contributed by atoms with Crippen LogP contribution in [0.3, 0.4) is 0 Å². The van der Waals surface area contributed by atoms with Gasteiger partial charge >= 0.3 is 0 Å². The van der Waals surface area contributed by atoms with Crippen molar-refractivity contribution in [1.29, 1.82) is 0 Å². The molecule has 0 bridgehead atoms. The van der Waals surface area contributed by atoms with Gasteiger partial charge in [0.2, 0.25) is 41.4 Å². The number of phenolic OH excluding ortho intramolecular Hbond substituents is 1. The average Bonchev–Trinajstić information content (AvgIpc) is 3.06. The fourth-order valence-corrected chi connectivity index (χ4v) is 4.83. The second-order valence-corrected chi connectivity index (χ2v) is 12.4. The molecular weight excluding hydrogens is 666 g/mol. The van der Waals surface area contributed by atoms with Crippen LogP contribution in [-0.2, 0) is 49.6 Å². The molecule has 1 rings (SSSR count). The Morgan fingerprint density at radius 1 is 0.667 bits per heavy atom. The number of primary amides is 2. The molecular formula is C34H51N7O10. The Morgan fingerprint density at radius 3 is 1.71 bits per heavy atom. The molecule has 282 valence electrons. The van der Waals surface area contributed by atoms with E-state index in [-0.39, 0.29) is 50.1 Å². The Morgan fingerprint density at radius 2 is 1.20 bits per heavy atom. The maximum atomic E-state index is 13.7. The zero-order valence-corrected chi connectivity index (χ0v) is 29.7. The molecule has 0 fully saturated rings. The first-order valence-electron chi connectivity index (χ1n) is 16.7. The molecule has 0 aliphatic rings. The van der Waals surface area contributed by atoms with Crippen molar-refractivity contribution in [1.82, 2.24) is 26.6 Å². The number of Topliss-reactive ketones (excluding diaryl/α,β-unsaturated/α-hetero) is 2. The molecule has 51 heavy (non-hydrogen) atoms. The number of aromatic hydroxyl groups is 1. The van der Waals surface area contributed by atoms with Crippen molar-refractivity contribution < 1.29 is 48.3 Å². The fourth-order valence-electron chi connectivity index (χ4n) is 4.83. The van der Waals surface area contributed by atoms with Crippen LogP contribution in [0.15, 0.2) is 24.3 Å². The normalized spacial score (nSPS) is 14.3. The molecule has 0 aliphatic carbocycles. The number of hydrogen-bond donors (Lipinski definition) is 8. The highest BCUT2D eigenvalue weighted by Gasteiger charge is 2.34. The summed E-state index contributed by atoms with van der Waals surface area (Å²) in [4.78, 5) is 113. The first-order chi connectivity index (χ1) is 23.9. The zero-order chi connectivity index (χ0) is 38.8. The van der Waals surface area contributed by atoms with Gasteiger partial charge in [0.05, 0.1) is 12.5 Å². The Kier molecular flexibility index (Phi) is 18.6. The van der Waals surface area contributed by atoms with Crippen molar-refractivity contribution in [3.05, 3.63) is 29.8 Å². The molecule has 17 heteroatoms. The van der Waals surface area contributed by atoms with Crippen LogP contribution in [0.25, 0.3) is 0 Å². The number of carbonyl (C=O) groups excluding carboxylic acids is 9. The molecule has 0 saturated heterocycles. The van der Waals surface area contributed by atoms with E-state index in [0.717, 1.165) is 0 Å². The van der Waals surface area contributed by atoms with Crippen LogP contribution in [0.2, 0.25) is 0 Å². The molecule has 0 aromatic heterocycles. The van der Waals surface area contributed by atoms with E-state index in [2.05, 4.69) is 26.6 Å². The van der Waals surface area contributed by atoms with Gasteiger partial charge in [-0.3, -0.25) is 38.4 Å². The van der Waals surface area contributed by atoms with Gasteiger partial charge in [-0.15, -0.1) is 0 Å². The summed E-state index contributed by atoms with van der Waals surface area (Å²) in [5, 5.41) is 22.2. The standard InChI is InChI=1S/C34H51N7O10/c1-6-18(3)30(41-33(50)25(37-29(47)7-2)16-21-9-11-22(44)12-10-21)34(51)39-24(14-15-27(35)45)31(48)40-26(17-28(36)46)32(49)38-23(20(5)43)13-8-19(4)42/h9-12,18,23-26,30,44H,6-8,13-17H2,1-5H3,(H2,35,45)(H2,36,46)(H,37,47)(H,38,49)(H,39,51)(H,40,48)(H,41,50)/t18?,23?,24-,25-,26-,30?/m0/s1. The molecule has 0 aliphatic heterocycles. The largest absolute Gasteiger partial charge is 0.508 e. The Hall–Kier alpha value is -5.35. The number of nitrogens with one attached hydrogen (secondary N) is 5. The minimum Gasteiger partial charge on any atom is -0.508 e. The third-order valence-electron chi connectivity index (χ3n) is 8.09. The van der Waals surface area contributed by atoms with Crippen LogP contribution in [-0.4, -0.2) is 88.2 Å². The van der Waals surface area contributed by atoms with E-state index in [4.69, 9.17) is 11.5 Å². The lowest BCUT2D eigenvalue weighted by atomic mass is 9.96. The van der Waals surface area contributed by atoms with Gasteiger partial charge in [0.15, 0.2) is 5.78 Å². The number of benzene rings is 1. The molecule has 0 spiro atoms. The van der Waals surface area contributed by atoms with E-state index in [0.29, 0.717) is 12.0 Å². The SMILES string of the molecule is CCC(=O)N[C@@H](Cc1ccc(O)cc1)C(=O)NC(C(=O)N[C@@H](CCC(N)=O)C(=O)N[C@@H](CC(N)=O)C(=O)NC(CCC(C)=O)C(C)=O)C(C)CC.